The summed E-state index contributed by atoms with van der Waals surface area (Å²) in [6.45, 7) is 2.23. The number of hydrogen-bond donors (Lipinski definition) is 0. The van der Waals surface area contributed by atoms with Gasteiger partial charge < -0.3 is 9.47 Å². The van der Waals surface area contributed by atoms with E-state index in [1.807, 2.05) is 0 Å². The van der Waals surface area contributed by atoms with Crippen molar-refractivity contribution in [2.75, 3.05) is 7.11 Å². The van der Waals surface area contributed by atoms with E-state index in [1.54, 1.807) is 12.1 Å². The van der Waals surface area contributed by atoms with Gasteiger partial charge >= 0.3 is 5.97 Å². The Kier molecular flexibility index (Phi) is 4.22. The van der Waals surface area contributed by atoms with E-state index in [9.17, 15) is 4.79 Å². The molecule has 1 aromatic rings. The van der Waals surface area contributed by atoms with Gasteiger partial charge in [0, 0.05) is 0 Å². The lowest BCUT2D eigenvalue weighted by Crippen LogP contribution is -2.13. The molecule has 0 saturated heterocycles. The second-order valence-corrected chi connectivity index (χ2v) is 5.39. The molecule has 0 amide bonds. The predicted molar refractivity (Wildman–Crippen MR) is 70.7 cm³/mol. The standard InChI is InChI=1S/C13H16BrNO3/c1-8-3-4-9(7-8)18-11-6-5-10(13(16)17-2)15-12(11)14/h5-6,8-9H,3-4,7H2,1-2H3/t8-,9+/m0/s1. The van der Waals surface area contributed by atoms with E-state index in [0.29, 0.717) is 10.4 Å². The molecule has 1 aliphatic rings. The molecule has 18 heavy (non-hydrogen) atoms. The first-order chi connectivity index (χ1) is 8.60. The first-order valence-electron chi connectivity index (χ1n) is 6.01. The van der Waals surface area contributed by atoms with Crippen LogP contribution in [-0.2, 0) is 4.74 Å². The molecule has 1 heterocycles. The number of carbonyl (C=O) groups excluding carboxylic acids is 1. The van der Waals surface area contributed by atoms with Gasteiger partial charge in [0.2, 0.25) is 0 Å². The van der Waals surface area contributed by atoms with Crippen molar-refractivity contribution in [3.63, 3.8) is 0 Å². The van der Waals surface area contributed by atoms with Crippen LogP contribution in [0, 0.1) is 5.92 Å². The zero-order chi connectivity index (χ0) is 13.1. The molecule has 0 radical (unpaired) electrons. The molecule has 0 N–H and O–H groups in total. The number of esters is 1. The van der Waals surface area contributed by atoms with Gasteiger partial charge in [-0.05, 0) is 53.2 Å². The van der Waals surface area contributed by atoms with Crippen LogP contribution in [0.2, 0.25) is 0 Å². The van der Waals surface area contributed by atoms with Crippen LogP contribution in [0.25, 0.3) is 0 Å². The number of rotatable bonds is 3. The highest BCUT2D eigenvalue weighted by molar-refractivity contribution is 9.10. The number of nitrogens with zero attached hydrogens (tertiary/aromatic N) is 1. The Labute approximate surface area is 115 Å². The van der Waals surface area contributed by atoms with Gasteiger partial charge in [0.05, 0.1) is 13.2 Å². The van der Waals surface area contributed by atoms with Crippen molar-refractivity contribution < 1.29 is 14.3 Å². The molecule has 1 fully saturated rings. The minimum Gasteiger partial charge on any atom is -0.488 e. The predicted octanol–water partition coefficient (Wildman–Crippen LogP) is 3.20. The van der Waals surface area contributed by atoms with Gasteiger partial charge in [0.25, 0.3) is 0 Å². The van der Waals surface area contributed by atoms with Crippen molar-refractivity contribution in [2.24, 2.45) is 5.92 Å². The molecule has 1 aliphatic carbocycles. The van der Waals surface area contributed by atoms with Gasteiger partial charge in [0.1, 0.15) is 10.3 Å². The number of ether oxygens (including phenoxy) is 2. The molecule has 1 aromatic heterocycles. The van der Waals surface area contributed by atoms with Crippen LogP contribution < -0.4 is 4.74 Å². The fourth-order valence-corrected chi connectivity index (χ4v) is 2.59. The number of hydrogen-bond acceptors (Lipinski definition) is 4. The summed E-state index contributed by atoms with van der Waals surface area (Å²) in [5, 5.41) is 0. The second-order valence-electron chi connectivity index (χ2n) is 4.64. The molecule has 1 saturated carbocycles. The molecule has 0 aromatic carbocycles. The fraction of sp³-hybridized carbons (Fsp3) is 0.538. The average Bonchev–Trinajstić information content (AvgIpc) is 2.76. The van der Waals surface area contributed by atoms with Crippen molar-refractivity contribution in [1.82, 2.24) is 4.98 Å². The summed E-state index contributed by atoms with van der Waals surface area (Å²) in [7, 11) is 1.34. The summed E-state index contributed by atoms with van der Waals surface area (Å²) in [6.07, 6.45) is 3.61. The van der Waals surface area contributed by atoms with E-state index >= 15 is 0 Å². The summed E-state index contributed by atoms with van der Waals surface area (Å²) in [4.78, 5) is 15.4. The van der Waals surface area contributed by atoms with Crippen LogP contribution in [0.15, 0.2) is 16.7 Å². The molecular weight excluding hydrogens is 298 g/mol. The summed E-state index contributed by atoms with van der Waals surface area (Å²) in [6, 6.07) is 3.37. The Bertz CT molecular complexity index is 450. The van der Waals surface area contributed by atoms with E-state index < -0.39 is 5.97 Å². The monoisotopic (exact) mass is 313 g/mol. The molecule has 0 spiro atoms. The maximum Gasteiger partial charge on any atom is 0.356 e. The first kappa shape index (κ1) is 13.3. The average molecular weight is 314 g/mol. The maximum atomic E-state index is 11.3. The van der Waals surface area contributed by atoms with Crippen molar-refractivity contribution >= 4 is 21.9 Å². The maximum absolute atomic E-state index is 11.3. The third kappa shape index (κ3) is 3.02. The number of halogens is 1. The zero-order valence-corrected chi connectivity index (χ0v) is 12.1. The lowest BCUT2D eigenvalue weighted by molar-refractivity contribution is 0.0593. The second kappa shape index (κ2) is 5.69. The van der Waals surface area contributed by atoms with E-state index in [-0.39, 0.29) is 11.8 Å². The normalized spacial score (nSPS) is 22.8. The molecule has 0 unspecified atom stereocenters. The Hall–Kier alpha value is -1.10. The number of methoxy groups -OCH3 is 1. The van der Waals surface area contributed by atoms with Gasteiger partial charge in [-0.1, -0.05) is 6.92 Å². The van der Waals surface area contributed by atoms with Crippen LogP contribution in [0.3, 0.4) is 0 Å². The van der Waals surface area contributed by atoms with Crippen molar-refractivity contribution in [2.45, 2.75) is 32.3 Å². The van der Waals surface area contributed by atoms with Crippen LogP contribution in [-0.4, -0.2) is 24.2 Å². The highest BCUT2D eigenvalue weighted by Crippen LogP contribution is 2.31. The van der Waals surface area contributed by atoms with E-state index in [1.165, 1.54) is 13.5 Å². The quantitative estimate of drug-likeness (QED) is 0.635. The Morgan fingerprint density at radius 3 is 2.78 bits per heavy atom. The van der Waals surface area contributed by atoms with Gasteiger partial charge in [0.15, 0.2) is 5.75 Å². The first-order valence-corrected chi connectivity index (χ1v) is 6.81. The number of aromatic nitrogens is 1. The van der Waals surface area contributed by atoms with Crippen LogP contribution in [0.4, 0.5) is 0 Å². The third-order valence-electron chi connectivity index (χ3n) is 3.15. The van der Waals surface area contributed by atoms with Crippen LogP contribution in [0.5, 0.6) is 5.75 Å². The van der Waals surface area contributed by atoms with Crippen LogP contribution in [0.1, 0.15) is 36.7 Å². The van der Waals surface area contributed by atoms with E-state index in [2.05, 4.69) is 32.6 Å². The van der Waals surface area contributed by atoms with E-state index in [4.69, 9.17) is 4.74 Å². The van der Waals surface area contributed by atoms with Gasteiger partial charge in [-0.3, -0.25) is 0 Å². The molecule has 0 aliphatic heterocycles. The van der Waals surface area contributed by atoms with Crippen molar-refractivity contribution in [3.05, 3.63) is 22.4 Å². The van der Waals surface area contributed by atoms with Gasteiger partial charge in [-0.25, -0.2) is 9.78 Å². The minimum absolute atomic E-state index is 0.252. The SMILES string of the molecule is COC(=O)c1ccc(O[C@@H]2CC[C@H](C)C2)c(Br)n1. The number of carbonyl (C=O) groups is 1. The molecule has 2 rings (SSSR count). The molecule has 5 heteroatoms. The molecular formula is C13H16BrNO3. The van der Waals surface area contributed by atoms with E-state index in [0.717, 1.165) is 18.8 Å². The largest absolute Gasteiger partial charge is 0.488 e. The Balaban J connectivity index is 2.08. The van der Waals surface area contributed by atoms with Crippen molar-refractivity contribution in [1.29, 1.82) is 0 Å². The summed E-state index contributed by atoms with van der Waals surface area (Å²) < 4.78 is 11.0. The molecule has 4 nitrogen and oxygen atoms in total. The van der Waals surface area contributed by atoms with Gasteiger partial charge in [-0.15, -0.1) is 0 Å². The molecule has 2 atom stereocenters. The highest BCUT2D eigenvalue weighted by Gasteiger charge is 2.23. The Morgan fingerprint density at radius 1 is 1.44 bits per heavy atom. The number of pyridine rings is 1. The van der Waals surface area contributed by atoms with Crippen molar-refractivity contribution in [3.8, 4) is 5.75 Å². The summed E-state index contributed by atoms with van der Waals surface area (Å²) in [5.74, 6) is 0.953. The molecule has 0 bridgehead atoms. The lowest BCUT2D eigenvalue weighted by Gasteiger charge is -2.14. The van der Waals surface area contributed by atoms with Crippen LogP contribution >= 0.6 is 15.9 Å². The minimum atomic E-state index is -0.447. The zero-order valence-electron chi connectivity index (χ0n) is 10.5. The smallest absolute Gasteiger partial charge is 0.356 e. The topological polar surface area (TPSA) is 48.4 Å². The molecule has 98 valence electrons. The highest BCUT2D eigenvalue weighted by atomic mass is 79.9. The lowest BCUT2D eigenvalue weighted by atomic mass is 10.1. The fourth-order valence-electron chi connectivity index (χ4n) is 2.17. The summed E-state index contributed by atoms with van der Waals surface area (Å²) >= 11 is 3.32. The summed E-state index contributed by atoms with van der Waals surface area (Å²) in [5.41, 5.74) is 0.275. The third-order valence-corrected chi connectivity index (χ3v) is 3.72. The Morgan fingerprint density at radius 2 is 2.22 bits per heavy atom. The van der Waals surface area contributed by atoms with Gasteiger partial charge in [-0.2, -0.15) is 0 Å².